The van der Waals surface area contributed by atoms with E-state index in [0.717, 1.165) is 22.1 Å². The average Bonchev–Trinajstić information content (AvgIpc) is 3.06. The third-order valence-corrected chi connectivity index (χ3v) is 7.75. The molecule has 120 valence electrons. The standard InChI is InChI=1S/C19H14BrNOS2/c1-21-15-5-4-13(20)9-14(15)19(17(21)22)11-18(19,12-6-8-23-10-12)16-3-2-7-24-16/h2-10H,11H2,1H3. The summed E-state index contributed by atoms with van der Waals surface area (Å²) in [4.78, 5) is 16.5. The third-order valence-electron chi connectivity index (χ3n) is 5.54. The quantitative estimate of drug-likeness (QED) is 0.564. The van der Waals surface area contributed by atoms with Crippen LogP contribution in [0.4, 0.5) is 5.69 Å². The van der Waals surface area contributed by atoms with E-state index in [1.807, 2.05) is 18.0 Å². The molecule has 3 heterocycles. The molecule has 1 fully saturated rings. The van der Waals surface area contributed by atoms with Crippen molar-refractivity contribution in [1.82, 2.24) is 0 Å². The number of anilines is 1. The Morgan fingerprint density at radius 2 is 2.04 bits per heavy atom. The minimum atomic E-state index is -0.465. The molecule has 1 aromatic carbocycles. The Kier molecular flexibility index (Phi) is 2.98. The first-order valence-electron chi connectivity index (χ1n) is 7.76. The molecule has 2 atom stereocenters. The SMILES string of the molecule is CN1C(=O)C2(CC2(c2ccsc2)c2cccs2)c2cc(Br)ccc21. The minimum absolute atomic E-state index is 0.218. The van der Waals surface area contributed by atoms with Gasteiger partial charge in [-0.2, -0.15) is 11.3 Å². The first-order valence-corrected chi connectivity index (χ1v) is 10.4. The Morgan fingerprint density at radius 3 is 2.75 bits per heavy atom. The van der Waals surface area contributed by atoms with Gasteiger partial charge in [0.25, 0.3) is 0 Å². The minimum Gasteiger partial charge on any atom is -0.314 e. The zero-order valence-electron chi connectivity index (χ0n) is 13.0. The van der Waals surface area contributed by atoms with Crippen molar-refractivity contribution in [3.8, 4) is 0 Å². The first kappa shape index (κ1) is 14.9. The molecule has 1 amide bonds. The van der Waals surface area contributed by atoms with Crippen LogP contribution in [0.2, 0.25) is 0 Å². The lowest BCUT2D eigenvalue weighted by Crippen LogP contribution is -2.34. The van der Waals surface area contributed by atoms with Crippen molar-refractivity contribution in [1.29, 1.82) is 0 Å². The van der Waals surface area contributed by atoms with Gasteiger partial charge in [-0.3, -0.25) is 4.79 Å². The van der Waals surface area contributed by atoms with Gasteiger partial charge >= 0.3 is 0 Å². The van der Waals surface area contributed by atoms with Crippen LogP contribution in [0.15, 0.2) is 57.0 Å². The second kappa shape index (κ2) is 4.81. The molecule has 1 aliphatic heterocycles. The first-order chi connectivity index (χ1) is 11.6. The molecule has 1 aliphatic carbocycles. The van der Waals surface area contributed by atoms with Gasteiger partial charge in [0.1, 0.15) is 0 Å². The lowest BCUT2D eigenvalue weighted by atomic mass is 9.82. The van der Waals surface area contributed by atoms with Crippen molar-refractivity contribution in [3.63, 3.8) is 0 Å². The molecule has 2 aromatic heterocycles. The summed E-state index contributed by atoms with van der Waals surface area (Å²) in [5.74, 6) is 0.218. The van der Waals surface area contributed by atoms with Gasteiger partial charge in [-0.15, -0.1) is 11.3 Å². The van der Waals surface area contributed by atoms with Crippen LogP contribution in [0.1, 0.15) is 22.4 Å². The number of halogens is 1. The normalized spacial score (nSPS) is 27.8. The van der Waals surface area contributed by atoms with E-state index in [0.29, 0.717) is 0 Å². The number of carbonyl (C=O) groups is 1. The number of likely N-dealkylation sites (N-methyl/N-ethyl adjacent to an activating group) is 1. The van der Waals surface area contributed by atoms with Crippen LogP contribution in [0.25, 0.3) is 0 Å². The predicted molar refractivity (Wildman–Crippen MR) is 103 cm³/mol. The molecule has 0 N–H and O–H groups in total. The van der Waals surface area contributed by atoms with Crippen molar-refractivity contribution in [3.05, 3.63) is 73.0 Å². The van der Waals surface area contributed by atoms with Crippen LogP contribution in [-0.2, 0) is 15.6 Å². The lowest BCUT2D eigenvalue weighted by molar-refractivity contribution is -0.120. The maximum absolute atomic E-state index is 13.4. The molecular formula is C19H14BrNOS2. The van der Waals surface area contributed by atoms with Crippen LogP contribution in [0.3, 0.4) is 0 Å². The second-order valence-corrected chi connectivity index (χ2v) is 9.15. The summed E-state index contributed by atoms with van der Waals surface area (Å²) in [7, 11) is 1.90. The van der Waals surface area contributed by atoms with Crippen LogP contribution in [-0.4, -0.2) is 13.0 Å². The van der Waals surface area contributed by atoms with E-state index in [1.54, 1.807) is 22.7 Å². The molecule has 2 unspecified atom stereocenters. The molecule has 0 saturated heterocycles. The fraction of sp³-hybridized carbons (Fsp3) is 0.211. The van der Waals surface area contributed by atoms with Crippen LogP contribution >= 0.6 is 38.6 Å². The van der Waals surface area contributed by atoms with Gasteiger partial charge in [-0.1, -0.05) is 22.0 Å². The van der Waals surface area contributed by atoms with Crippen LogP contribution < -0.4 is 4.90 Å². The van der Waals surface area contributed by atoms with Gasteiger partial charge in [-0.25, -0.2) is 0 Å². The predicted octanol–water partition coefficient (Wildman–Crippen LogP) is 5.18. The van der Waals surface area contributed by atoms with Crippen molar-refractivity contribution < 1.29 is 4.79 Å². The topological polar surface area (TPSA) is 20.3 Å². The monoisotopic (exact) mass is 415 g/mol. The summed E-state index contributed by atoms with van der Waals surface area (Å²) in [6.07, 6.45) is 0.851. The van der Waals surface area contributed by atoms with Gasteiger partial charge < -0.3 is 4.90 Å². The van der Waals surface area contributed by atoms with Gasteiger partial charge in [-0.05, 0) is 64.0 Å². The summed E-state index contributed by atoms with van der Waals surface area (Å²) in [6, 6.07) is 12.7. The molecule has 2 nitrogen and oxygen atoms in total. The van der Waals surface area contributed by atoms with Crippen molar-refractivity contribution in [2.45, 2.75) is 17.3 Å². The highest BCUT2D eigenvalue weighted by atomic mass is 79.9. The zero-order valence-corrected chi connectivity index (χ0v) is 16.2. The lowest BCUT2D eigenvalue weighted by Gasteiger charge is -2.21. The van der Waals surface area contributed by atoms with Gasteiger partial charge in [0.15, 0.2) is 0 Å². The molecular weight excluding hydrogens is 402 g/mol. The number of hydrogen-bond donors (Lipinski definition) is 0. The highest BCUT2D eigenvalue weighted by Crippen LogP contribution is 2.73. The number of fused-ring (bicyclic) bond motifs is 2. The smallest absolute Gasteiger partial charge is 0.238 e. The Hall–Kier alpha value is -1.43. The highest BCUT2D eigenvalue weighted by Gasteiger charge is 2.77. The maximum Gasteiger partial charge on any atom is 0.238 e. The fourth-order valence-electron chi connectivity index (χ4n) is 4.41. The van der Waals surface area contributed by atoms with E-state index in [-0.39, 0.29) is 11.3 Å². The summed E-state index contributed by atoms with van der Waals surface area (Å²) in [6.45, 7) is 0. The van der Waals surface area contributed by atoms with E-state index in [9.17, 15) is 4.79 Å². The molecule has 1 saturated carbocycles. The van der Waals surface area contributed by atoms with Crippen LogP contribution in [0, 0.1) is 0 Å². The Morgan fingerprint density at radius 1 is 1.17 bits per heavy atom. The molecule has 5 rings (SSSR count). The van der Waals surface area contributed by atoms with Gasteiger partial charge in [0.05, 0.1) is 10.8 Å². The van der Waals surface area contributed by atoms with E-state index >= 15 is 0 Å². The number of nitrogens with zero attached hydrogens (tertiary/aromatic N) is 1. The molecule has 3 aromatic rings. The summed E-state index contributed by atoms with van der Waals surface area (Å²) in [5, 5.41) is 6.43. The van der Waals surface area contributed by atoms with Crippen molar-refractivity contribution in [2.24, 2.45) is 0 Å². The molecule has 5 heteroatoms. The Labute approximate surface area is 156 Å². The average molecular weight is 416 g/mol. The van der Waals surface area contributed by atoms with E-state index in [2.05, 4.69) is 62.4 Å². The number of rotatable bonds is 2. The van der Waals surface area contributed by atoms with Gasteiger partial charge in [0, 0.05) is 22.1 Å². The number of benzene rings is 1. The largest absolute Gasteiger partial charge is 0.314 e. The van der Waals surface area contributed by atoms with Crippen molar-refractivity contribution in [2.75, 3.05) is 11.9 Å². The highest BCUT2D eigenvalue weighted by molar-refractivity contribution is 9.10. The molecule has 24 heavy (non-hydrogen) atoms. The maximum atomic E-state index is 13.4. The van der Waals surface area contributed by atoms with Gasteiger partial charge in [0.2, 0.25) is 5.91 Å². The third kappa shape index (κ3) is 1.58. The van der Waals surface area contributed by atoms with E-state index in [1.165, 1.54) is 10.4 Å². The molecule has 1 spiro atoms. The Balaban J connectivity index is 1.81. The number of thiophene rings is 2. The number of hydrogen-bond acceptors (Lipinski definition) is 3. The second-order valence-electron chi connectivity index (χ2n) is 6.50. The summed E-state index contributed by atoms with van der Waals surface area (Å²) in [5.41, 5.74) is 2.77. The van der Waals surface area contributed by atoms with Crippen LogP contribution in [0.5, 0.6) is 0 Å². The summed E-state index contributed by atoms with van der Waals surface area (Å²) >= 11 is 7.05. The zero-order chi connectivity index (χ0) is 16.5. The molecule has 0 bridgehead atoms. The number of carbonyl (C=O) groups excluding carboxylic acids is 1. The van der Waals surface area contributed by atoms with Crippen molar-refractivity contribution >= 4 is 50.2 Å². The summed E-state index contributed by atoms with van der Waals surface area (Å²) < 4.78 is 1.03. The van der Waals surface area contributed by atoms with E-state index in [4.69, 9.17) is 0 Å². The molecule has 0 radical (unpaired) electrons. The Bertz CT molecular complexity index is 914. The molecule has 2 aliphatic rings. The number of amides is 1. The van der Waals surface area contributed by atoms with E-state index < -0.39 is 5.41 Å². The fourth-order valence-corrected chi connectivity index (χ4v) is 6.52.